The van der Waals surface area contributed by atoms with Crippen LogP contribution in [0.1, 0.15) is 22.7 Å². The van der Waals surface area contributed by atoms with Gasteiger partial charge in [-0.15, -0.1) is 0 Å². The van der Waals surface area contributed by atoms with E-state index in [4.69, 9.17) is 9.15 Å². The molecular weight excluding hydrogens is 412 g/mol. The van der Waals surface area contributed by atoms with Crippen molar-refractivity contribution < 1.29 is 9.15 Å². The number of rotatable bonds is 5. The van der Waals surface area contributed by atoms with Crippen LogP contribution in [0.2, 0.25) is 0 Å². The van der Waals surface area contributed by atoms with Gasteiger partial charge >= 0.3 is 0 Å². The highest BCUT2D eigenvalue weighted by Crippen LogP contribution is 2.22. The topological polar surface area (TPSA) is 73.9 Å². The minimum atomic E-state index is 0.363. The number of oxazole rings is 1. The molecule has 3 aromatic heterocycles. The molecule has 3 heterocycles. The molecule has 0 N–H and O–H groups in total. The van der Waals surface area contributed by atoms with Gasteiger partial charge in [0.05, 0.1) is 12.3 Å². The van der Waals surface area contributed by atoms with Crippen LogP contribution in [-0.4, -0.2) is 26.5 Å². The van der Waals surface area contributed by atoms with Crippen LogP contribution in [0.4, 0.5) is 0 Å². The Hall–Kier alpha value is -4.50. The fourth-order valence-corrected chi connectivity index (χ4v) is 3.32. The zero-order valence-corrected chi connectivity index (χ0v) is 18.0. The van der Waals surface area contributed by atoms with Gasteiger partial charge < -0.3 is 9.15 Å². The summed E-state index contributed by atoms with van der Waals surface area (Å²) in [6.45, 7) is 2.27. The molecule has 5 aromatic rings. The van der Waals surface area contributed by atoms with E-state index in [0.717, 1.165) is 22.6 Å². The van der Waals surface area contributed by atoms with Crippen LogP contribution in [0.25, 0.3) is 22.6 Å². The number of benzene rings is 2. The first-order valence-corrected chi connectivity index (χ1v) is 10.6. The maximum atomic E-state index is 6.02. The number of nitrogens with zero attached hydrogens (tertiary/aromatic N) is 4. The minimum absolute atomic E-state index is 0.363. The molecule has 6 nitrogen and oxygen atoms in total. The molecule has 0 saturated carbocycles. The first-order chi connectivity index (χ1) is 16.3. The lowest BCUT2D eigenvalue weighted by molar-refractivity contribution is 0.306. The van der Waals surface area contributed by atoms with Gasteiger partial charge in [0, 0.05) is 23.7 Å². The van der Waals surface area contributed by atoms with E-state index in [9.17, 15) is 0 Å². The van der Waals surface area contributed by atoms with E-state index >= 15 is 0 Å². The predicted octanol–water partition coefficient (Wildman–Crippen LogP) is 5.01. The average molecular weight is 432 g/mol. The number of aryl methyl sites for hydroxylation is 1. The van der Waals surface area contributed by atoms with Gasteiger partial charge in [-0.1, -0.05) is 42.3 Å². The predicted molar refractivity (Wildman–Crippen MR) is 126 cm³/mol. The van der Waals surface area contributed by atoms with Crippen molar-refractivity contribution in [1.29, 1.82) is 0 Å². The monoisotopic (exact) mass is 432 g/mol. The Morgan fingerprint density at radius 1 is 0.848 bits per heavy atom. The molecule has 2 aromatic carbocycles. The number of hydrogen-bond acceptors (Lipinski definition) is 6. The molecule has 6 heteroatoms. The molecule has 0 atom stereocenters. The van der Waals surface area contributed by atoms with E-state index in [0.29, 0.717) is 41.7 Å². The largest absolute Gasteiger partial charge is 0.475 e. The van der Waals surface area contributed by atoms with Crippen molar-refractivity contribution >= 4 is 11.2 Å². The third-order valence-electron chi connectivity index (χ3n) is 5.00. The van der Waals surface area contributed by atoms with Crippen LogP contribution < -0.4 is 4.74 Å². The second-order valence-corrected chi connectivity index (χ2v) is 7.33. The van der Waals surface area contributed by atoms with Crippen molar-refractivity contribution in [3.05, 3.63) is 102 Å². The average Bonchev–Trinajstić information content (AvgIpc) is 3.24. The molecule has 0 aliphatic rings. The van der Waals surface area contributed by atoms with Crippen LogP contribution >= 0.6 is 0 Å². The lowest BCUT2D eigenvalue weighted by atomic mass is 10.2. The number of hydrogen-bond donors (Lipinski definition) is 0. The summed E-state index contributed by atoms with van der Waals surface area (Å²) in [5.74, 6) is 7.96. The van der Waals surface area contributed by atoms with Crippen molar-refractivity contribution in [3.63, 3.8) is 0 Å². The molecule has 160 valence electrons. The smallest absolute Gasteiger partial charge is 0.249 e. The van der Waals surface area contributed by atoms with Gasteiger partial charge in [-0.3, -0.25) is 0 Å². The Labute approximate surface area is 191 Å². The first-order valence-electron chi connectivity index (χ1n) is 10.6. The van der Waals surface area contributed by atoms with Crippen LogP contribution in [-0.2, 0) is 6.42 Å². The second-order valence-electron chi connectivity index (χ2n) is 7.33. The van der Waals surface area contributed by atoms with E-state index in [2.05, 4.69) is 31.8 Å². The number of ether oxygens (including phenoxy) is 1. The van der Waals surface area contributed by atoms with E-state index in [1.165, 1.54) is 0 Å². The standard InChI is InChI=1S/C27H20N4O2/c1-19-22(30-26(33-19)21-11-6-3-7-12-21)16-18-32-27-24(15-14-20-9-4-2-5-10-20)29-25-23(31-27)13-8-17-28-25/h2-13,17H,16,18H2,1H3. The molecule has 5 rings (SSSR count). The third kappa shape index (κ3) is 4.73. The van der Waals surface area contributed by atoms with Crippen molar-refractivity contribution in [2.75, 3.05) is 6.61 Å². The highest BCUT2D eigenvalue weighted by atomic mass is 16.5. The summed E-state index contributed by atoms with van der Waals surface area (Å²) >= 11 is 0. The van der Waals surface area contributed by atoms with E-state index in [1.807, 2.05) is 79.7 Å². The molecule has 0 radical (unpaired) electrons. The van der Waals surface area contributed by atoms with Crippen molar-refractivity contribution in [2.45, 2.75) is 13.3 Å². The summed E-state index contributed by atoms with van der Waals surface area (Å²) in [6.07, 6.45) is 2.25. The van der Waals surface area contributed by atoms with Gasteiger partial charge in [0.1, 0.15) is 11.3 Å². The van der Waals surface area contributed by atoms with E-state index in [-0.39, 0.29) is 0 Å². The zero-order valence-electron chi connectivity index (χ0n) is 18.0. The molecule has 0 fully saturated rings. The molecule has 0 spiro atoms. The number of pyridine rings is 1. The summed E-state index contributed by atoms with van der Waals surface area (Å²) in [5, 5.41) is 0. The van der Waals surface area contributed by atoms with Crippen LogP contribution in [0.5, 0.6) is 5.88 Å². The Morgan fingerprint density at radius 2 is 1.64 bits per heavy atom. The van der Waals surface area contributed by atoms with Crippen LogP contribution in [0.15, 0.2) is 83.4 Å². The van der Waals surface area contributed by atoms with Gasteiger partial charge in [-0.05, 0) is 49.2 Å². The fourth-order valence-electron chi connectivity index (χ4n) is 3.32. The van der Waals surface area contributed by atoms with Crippen molar-refractivity contribution in [1.82, 2.24) is 19.9 Å². The third-order valence-corrected chi connectivity index (χ3v) is 5.00. The van der Waals surface area contributed by atoms with E-state index < -0.39 is 0 Å². The van der Waals surface area contributed by atoms with Crippen molar-refractivity contribution in [2.24, 2.45) is 0 Å². The SMILES string of the molecule is Cc1oc(-c2ccccc2)nc1CCOc1nc2cccnc2nc1C#Cc1ccccc1. The normalized spacial score (nSPS) is 10.6. The highest BCUT2D eigenvalue weighted by Gasteiger charge is 2.13. The maximum Gasteiger partial charge on any atom is 0.249 e. The Kier molecular flexibility index (Phi) is 5.77. The lowest BCUT2D eigenvalue weighted by Gasteiger charge is -2.07. The van der Waals surface area contributed by atoms with Crippen LogP contribution in [0, 0.1) is 18.8 Å². The Balaban J connectivity index is 1.37. The lowest BCUT2D eigenvalue weighted by Crippen LogP contribution is -2.07. The molecule has 0 aliphatic heterocycles. The van der Waals surface area contributed by atoms with Gasteiger partial charge in [0.25, 0.3) is 0 Å². The molecule has 0 saturated heterocycles. The molecule has 0 aliphatic carbocycles. The second kappa shape index (κ2) is 9.33. The molecule has 0 unspecified atom stereocenters. The summed E-state index contributed by atoms with van der Waals surface area (Å²) in [5.41, 5.74) is 4.31. The van der Waals surface area contributed by atoms with Gasteiger partial charge in [-0.2, -0.15) is 0 Å². The number of fused-ring (bicyclic) bond motifs is 1. The maximum absolute atomic E-state index is 6.02. The molecule has 33 heavy (non-hydrogen) atoms. The summed E-state index contributed by atoms with van der Waals surface area (Å²) in [4.78, 5) is 18.1. The molecule has 0 amide bonds. The molecular formula is C27H20N4O2. The fraction of sp³-hybridized carbons (Fsp3) is 0.111. The first kappa shape index (κ1) is 20.4. The Bertz CT molecular complexity index is 1450. The molecule has 0 bridgehead atoms. The summed E-state index contributed by atoms with van der Waals surface area (Å²) in [7, 11) is 0. The van der Waals surface area contributed by atoms with Crippen molar-refractivity contribution in [3.8, 4) is 29.2 Å². The van der Waals surface area contributed by atoms with Gasteiger partial charge in [-0.25, -0.2) is 19.9 Å². The summed E-state index contributed by atoms with van der Waals surface area (Å²) < 4.78 is 11.9. The Morgan fingerprint density at radius 3 is 2.45 bits per heavy atom. The van der Waals surface area contributed by atoms with Crippen LogP contribution in [0.3, 0.4) is 0 Å². The van der Waals surface area contributed by atoms with E-state index in [1.54, 1.807) is 6.20 Å². The van der Waals surface area contributed by atoms with Gasteiger partial charge in [0.2, 0.25) is 11.8 Å². The minimum Gasteiger partial charge on any atom is -0.475 e. The quantitative estimate of drug-likeness (QED) is 0.364. The summed E-state index contributed by atoms with van der Waals surface area (Å²) in [6, 6.07) is 23.2. The van der Waals surface area contributed by atoms with Gasteiger partial charge in [0.15, 0.2) is 11.3 Å². The zero-order chi connectivity index (χ0) is 22.5. The number of aromatic nitrogens is 4. The highest BCUT2D eigenvalue weighted by molar-refractivity contribution is 5.71.